The van der Waals surface area contributed by atoms with Gasteiger partial charge in [0.25, 0.3) is 0 Å². The summed E-state index contributed by atoms with van der Waals surface area (Å²) in [5.41, 5.74) is 7.33. The van der Waals surface area contributed by atoms with Crippen molar-refractivity contribution in [1.29, 1.82) is 0 Å². The van der Waals surface area contributed by atoms with Gasteiger partial charge in [0.05, 0.1) is 0 Å². The Balaban J connectivity index is 1.74. The number of benzene rings is 1. The van der Waals surface area contributed by atoms with Crippen molar-refractivity contribution in [3.8, 4) is 0 Å². The monoisotopic (exact) mass is 347 g/mol. The number of fused-ring (bicyclic) bond motifs is 3. The van der Waals surface area contributed by atoms with E-state index in [9.17, 15) is 0 Å². The van der Waals surface area contributed by atoms with E-state index in [-0.39, 0.29) is 5.54 Å². The van der Waals surface area contributed by atoms with Gasteiger partial charge >= 0.3 is 0 Å². The average molecular weight is 348 g/mol. The number of nitrogens with zero attached hydrogens (tertiary/aromatic N) is 3. The van der Waals surface area contributed by atoms with Gasteiger partial charge in [-0.2, -0.15) is 0 Å². The van der Waals surface area contributed by atoms with E-state index in [2.05, 4.69) is 66.4 Å². The molecule has 3 heterocycles. The van der Waals surface area contributed by atoms with Gasteiger partial charge in [0, 0.05) is 60.6 Å². The predicted molar refractivity (Wildman–Crippen MR) is 108 cm³/mol. The van der Waals surface area contributed by atoms with Gasteiger partial charge in [0.15, 0.2) is 0 Å². The summed E-state index contributed by atoms with van der Waals surface area (Å²) in [5, 5.41) is 1.44. The maximum absolute atomic E-state index is 4.27. The topological polar surface area (TPSA) is 21.1 Å². The molecule has 2 aromatic heterocycles. The molecular weight excluding hydrogens is 318 g/mol. The third kappa shape index (κ3) is 3.16. The SMILES string of the molecule is Cc1ccc2c(c1)c1c(n2CCc2cccnc2)CCN(C(C)(C)C)C1. The maximum atomic E-state index is 4.27. The van der Waals surface area contributed by atoms with Gasteiger partial charge in [-0.25, -0.2) is 0 Å². The molecule has 0 bridgehead atoms. The first-order valence-electron chi connectivity index (χ1n) is 9.68. The third-order valence-corrected chi connectivity index (χ3v) is 5.71. The quantitative estimate of drug-likeness (QED) is 0.682. The Hall–Kier alpha value is -2.13. The molecule has 0 spiro atoms. The molecule has 1 aromatic carbocycles. The molecule has 26 heavy (non-hydrogen) atoms. The van der Waals surface area contributed by atoms with Crippen molar-refractivity contribution in [2.45, 2.75) is 59.2 Å². The van der Waals surface area contributed by atoms with E-state index in [1.54, 1.807) is 0 Å². The Morgan fingerprint density at radius 2 is 2.00 bits per heavy atom. The van der Waals surface area contributed by atoms with Gasteiger partial charge < -0.3 is 4.57 Å². The number of aryl methyl sites for hydroxylation is 3. The molecule has 1 aliphatic rings. The molecule has 0 unspecified atom stereocenters. The van der Waals surface area contributed by atoms with Crippen LogP contribution in [-0.2, 0) is 25.9 Å². The van der Waals surface area contributed by atoms with Crippen LogP contribution in [0.25, 0.3) is 10.9 Å². The molecule has 0 atom stereocenters. The molecule has 0 saturated heterocycles. The van der Waals surface area contributed by atoms with Gasteiger partial charge in [-0.1, -0.05) is 17.7 Å². The van der Waals surface area contributed by atoms with E-state index in [1.165, 1.54) is 33.3 Å². The fraction of sp³-hybridized carbons (Fsp3) is 0.435. The lowest BCUT2D eigenvalue weighted by molar-refractivity contribution is 0.120. The Bertz CT molecular complexity index is 916. The second-order valence-electron chi connectivity index (χ2n) is 8.55. The Kier molecular flexibility index (Phi) is 4.36. The highest BCUT2D eigenvalue weighted by Crippen LogP contribution is 2.34. The van der Waals surface area contributed by atoms with E-state index in [0.29, 0.717) is 0 Å². The van der Waals surface area contributed by atoms with Gasteiger partial charge in [0.1, 0.15) is 0 Å². The summed E-state index contributed by atoms with van der Waals surface area (Å²) in [4.78, 5) is 6.88. The molecule has 1 aliphatic heterocycles. The second-order valence-corrected chi connectivity index (χ2v) is 8.55. The van der Waals surface area contributed by atoms with Gasteiger partial charge in [-0.3, -0.25) is 9.88 Å². The molecule has 0 fully saturated rings. The largest absolute Gasteiger partial charge is 0.344 e. The normalized spacial score (nSPS) is 15.4. The molecule has 4 rings (SSSR count). The number of hydrogen-bond acceptors (Lipinski definition) is 2. The standard InChI is InChI=1S/C23H29N3/c1-17-7-8-21-19(14-17)20-16-25(23(2,3)4)12-10-22(20)26(21)13-9-18-6-5-11-24-15-18/h5-8,11,14-15H,9-10,12-13,16H2,1-4H3. The summed E-state index contributed by atoms with van der Waals surface area (Å²) in [7, 11) is 0. The summed E-state index contributed by atoms with van der Waals surface area (Å²) in [6.07, 6.45) is 6.00. The first kappa shape index (κ1) is 17.3. The van der Waals surface area contributed by atoms with Crippen molar-refractivity contribution < 1.29 is 0 Å². The van der Waals surface area contributed by atoms with E-state index in [0.717, 1.165) is 32.5 Å². The van der Waals surface area contributed by atoms with Crippen molar-refractivity contribution in [3.63, 3.8) is 0 Å². The zero-order chi connectivity index (χ0) is 18.3. The minimum atomic E-state index is 0.214. The first-order valence-corrected chi connectivity index (χ1v) is 9.68. The van der Waals surface area contributed by atoms with Crippen LogP contribution in [0, 0.1) is 6.92 Å². The highest BCUT2D eigenvalue weighted by Gasteiger charge is 2.29. The fourth-order valence-electron chi connectivity index (χ4n) is 4.18. The van der Waals surface area contributed by atoms with Crippen LogP contribution in [0.4, 0.5) is 0 Å². The van der Waals surface area contributed by atoms with Crippen molar-refractivity contribution >= 4 is 10.9 Å². The number of aromatic nitrogens is 2. The summed E-state index contributed by atoms with van der Waals surface area (Å²) < 4.78 is 2.57. The summed E-state index contributed by atoms with van der Waals surface area (Å²) in [6, 6.07) is 11.1. The second kappa shape index (κ2) is 6.55. The molecule has 136 valence electrons. The average Bonchev–Trinajstić information content (AvgIpc) is 2.92. The third-order valence-electron chi connectivity index (χ3n) is 5.71. The lowest BCUT2D eigenvalue weighted by Gasteiger charge is -2.38. The molecule has 0 amide bonds. The van der Waals surface area contributed by atoms with E-state index in [4.69, 9.17) is 0 Å². The van der Waals surface area contributed by atoms with Crippen molar-refractivity contribution in [2.75, 3.05) is 6.54 Å². The van der Waals surface area contributed by atoms with Crippen LogP contribution in [0.1, 0.15) is 43.2 Å². The number of pyridine rings is 1. The molecule has 0 N–H and O–H groups in total. The highest BCUT2D eigenvalue weighted by molar-refractivity contribution is 5.86. The van der Waals surface area contributed by atoms with Crippen LogP contribution in [0.3, 0.4) is 0 Å². The number of hydrogen-bond donors (Lipinski definition) is 0. The van der Waals surface area contributed by atoms with Crippen LogP contribution >= 0.6 is 0 Å². The Morgan fingerprint density at radius 3 is 2.73 bits per heavy atom. The summed E-state index contributed by atoms with van der Waals surface area (Å²) >= 11 is 0. The molecule has 0 aliphatic carbocycles. The lowest BCUT2D eigenvalue weighted by atomic mass is 9.97. The summed E-state index contributed by atoms with van der Waals surface area (Å²) in [6.45, 7) is 12.4. The molecule has 0 saturated carbocycles. The molecule has 0 radical (unpaired) electrons. The first-order chi connectivity index (χ1) is 12.4. The summed E-state index contributed by atoms with van der Waals surface area (Å²) in [5.74, 6) is 0. The van der Waals surface area contributed by atoms with Crippen molar-refractivity contribution in [3.05, 3.63) is 65.1 Å². The predicted octanol–water partition coefficient (Wildman–Crippen LogP) is 4.74. The molecule has 3 nitrogen and oxygen atoms in total. The van der Waals surface area contributed by atoms with Crippen molar-refractivity contribution in [2.24, 2.45) is 0 Å². The zero-order valence-electron chi connectivity index (χ0n) is 16.4. The minimum Gasteiger partial charge on any atom is -0.344 e. The van der Waals surface area contributed by atoms with E-state index < -0.39 is 0 Å². The van der Waals surface area contributed by atoms with E-state index >= 15 is 0 Å². The van der Waals surface area contributed by atoms with Gasteiger partial charge in [-0.15, -0.1) is 0 Å². The molecule has 3 aromatic rings. The molecular formula is C23H29N3. The highest BCUT2D eigenvalue weighted by atomic mass is 15.2. The van der Waals surface area contributed by atoms with Crippen LogP contribution in [0.15, 0.2) is 42.7 Å². The Morgan fingerprint density at radius 1 is 1.15 bits per heavy atom. The molecule has 3 heteroatoms. The minimum absolute atomic E-state index is 0.214. The Labute approximate surface area is 156 Å². The maximum Gasteiger partial charge on any atom is 0.0486 e. The van der Waals surface area contributed by atoms with Crippen molar-refractivity contribution in [1.82, 2.24) is 14.5 Å². The fourth-order valence-corrected chi connectivity index (χ4v) is 4.18. The van der Waals surface area contributed by atoms with Crippen LogP contribution in [-0.4, -0.2) is 26.5 Å². The zero-order valence-corrected chi connectivity index (χ0v) is 16.4. The van der Waals surface area contributed by atoms with Crippen LogP contribution in [0.2, 0.25) is 0 Å². The van der Waals surface area contributed by atoms with Crippen LogP contribution < -0.4 is 0 Å². The van der Waals surface area contributed by atoms with E-state index in [1.807, 2.05) is 18.5 Å². The van der Waals surface area contributed by atoms with Gasteiger partial charge in [-0.05, 0) is 63.4 Å². The van der Waals surface area contributed by atoms with Gasteiger partial charge in [0.2, 0.25) is 0 Å². The number of rotatable bonds is 3. The smallest absolute Gasteiger partial charge is 0.0486 e. The van der Waals surface area contributed by atoms with Crippen LogP contribution in [0.5, 0.6) is 0 Å². The lowest BCUT2D eigenvalue weighted by Crippen LogP contribution is -2.44.